The molecule has 0 heterocycles. The number of carbonyl (C=O) groups is 2. The van der Waals surface area contributed by atoms with Crippen LogP contribution >= 0.6 is 7.82 Å². The molecule has 0 spiro atoms. The molecule has 0 aromatic rings. The van der Waals surface area contributed by atoms with E-state index in [0.29, 0.717) is 30.3 Å². The van der Waals surface area contributed by atoms with Gasteiger partial charge in [0.2, 0.25) is 0 Å². The largest absolute Gasteiger partial charge is 0.472 e. The minimum atomic E-state index is -4.41. The number of hydrogen-bond acceptors (Lipinski definition) is 8. The quantitative estimate of drug-likeness (QED) is 0.0154. The number of esters is 2. The van der Waals surface area contributed by atoms with E-state index in [0.717, 1.165) is 89.9 Å². The normalized spacial score (nSPS) is 14.7. The maximum Gasteiger partial charge on any atom is 0.472 e. The highest BCUT2D eigenvalue weighted by Gasteiger charge is 2.27. The fourth-order valence-corrected chi connectivity index (χ4v) is 6.65. The van der Waals surface area contributed by atoms with Crippen molar-refractivity contribution in [2.24, 2.45) is 0 Å². The third kappa shape index (κ3) is 43.5. The van der Waals surface area contributed by atoms with E-state index in [1.807, 2.05) is 33.3 Å². The number of phosphoric ester groups is 1. The van der Waals surface area contributed by atoms with Crippen LogP contribution in [0.4, 0.5) is 0 Å². The minimum Gasteiger partial charge on any atom is -0.462 e. The summed E-state index contributed by atoms with van der Waals surface area (Å²) in [6.45, 7) is 4.13. The SMILES string of the molecule is CC/C=C/C/C=C/C=C/C(O)CCCCCCCC(=O)O[C@H](COC(=O)CCCCCCCC/C=C\C/C=C\C/C=C\CCCCCC)COP(=O)(O)OCC[N+](C)(C)C. The summed E-state index contributed by atoms with van der Waals surface area (Å²) in [6.07, 6.45) is 46.8. The topological polar surface area (TPSA) is 129 Å². The molecular formula is C49H87NO9P+. The predicted octanol–water partition coefficient (Wildman–Crippen LogP) is 12.4. The Labute approximate surface area is 366 Å². The van der Waals surface area contributed by atoms with Crippen LogP contribution < -0.4 is 0 Å². The maximum atomic E-state index is 12.7. The summed E-state index contributed by atoms with van der Waals surface area (Å²) in [5.41, 5.74) is 0. The van der Waals surface area contributed by atoms with Crippen LogP contribution in [0.5, 0.6) is 0 Å². The summed E-state index contributed by atoms with van der Waals surface area (Å²) in [4.78, 5) is 35.4. The predicted molar refractivity (Wildman–Crippen MR) is 248 cm³/mol. The van der Waals surface area contributed by atoms with E-state index in [1.165, 1.54) is 32.1 Å². The zero-order chi connectivity index (χ0) is 44.4. The Morgan fingerprint density at radius 2 is 1.15 bits per heavy atom. The van der Waals surface area contributed by atoms with Crippen molar-refractivity contribution in [1.82, 2.24) is 0 Å². The lowest BCUT2D eigenvalue weighted by Gasteiger charge is -2.24. The number of likely N-dealkylation sites (N-methyl/N-ethyl adjacent to an activating group) is 1. The van der Waals surface area contributed by atoms with Crippen molar-refractivity contribution in [2.75, 3.05) is 47.5 Å². The summed E-state index contributed by atoms with van der Waals surface area (Å²) in [5, 5.41) is 10.2. The molecule has 60 heavy (non-hydrogen) atoms. The second-order valence-electron chi connectivity index (χ2n) is 16.6. The van der Waals surface area contributed by atoms with Crippen LogP contribution in [-0.4, -0.2) is 86.1 Å². The Kier molecular flexibility index (Phi) is 38.7. The number of rotatable bonds is 41. The van der Waals surface area contributed by atoms with Crippen molar-refractivity contribution in [3.8, 4) is 0 Å². The number of quaternary nitrogens is 1. The summed E-state index contributed by atoms with van der Waals surface area (Å²) < 4.78 is 34.3. The van der Waals surface area contributed by atoms with Crippen molar-refractivity contribution in [1.29, 1.82) is 0 Å². The molecule has 11 heteroatoms. The van der Waals surface area contributed by atoms with Crippen LogP contribution in [0.25, 0.3) is 0 Å². The molecule has 0 aliphatic heterocycles. The molecule has 0 rings (SSSR count). The lowest BCUT2D eigenvalue weighted by atomic mass is 10.1. The first-order valence-electron chi connectivity index (χ1n) is 23.3. The first-order valence-corrected chi connectivity index (χ1v) is 24.8. The lowest BCUT2D eigenvalue weighted by molar-refractivity contribution is -0.870. The van der Waals surface area contributed by atoms with Crippen LogP contribution in [0.15, 0.2) is 72.9 Å². The number of ether oxygens (including phenoxy) is 2. The molecule has 0 fully saturated rings. The van der Waals surface area contributed by atoms with Gasteiger partial charge in [-0.2, -0.15) is 0 Å². The highest BCUT2D eigenvalue weighted by Crippen LogP contribution is 2.43. The number of phosphoric acid groups is 1. The van der Waals surface area contributed by atoms with Crippen LogP contribution in [0.3, 0.4) is 0 Å². The van der Waals surface area contributed by atoms with Crippen molar-refractivity contribution in [2.45, 2.75) is 180 Å². The van der Waals surface area contributed by atoms with Gasteiger partial charge in [-0.05, 0) is 70.6 Å². The van der Waals surface area contributed by atoms with E-state index in [2.05, 4.69) is 68.5 Å². The van der Waals surface area contributed by atoms with Crippen LogP contribution in [0.1, 0.15) is 168 Å². The average Bonchev–Trinajstić information content (AvgIpc) is 3.19. The highest BCUT2D eigenvalue weighted by molar-refractivity contribution is 7.47. The Bertz CT molecular complexity index is 1270. The molecule has 0 aliphatic rings. The lowest BCUT2D eigenvalue weighted by Crippen LogP contribution is -2.37. The van der Waals surface area contributed by atoms with E-state index in [1.54, 1.807) is 6.08 Å². The van der Waals surface area contributed by atoms with Gasteiger partial charge in [-0.25, -0.2) is 4.57 Å². The fraction of sp³-hybridized carbons (Fsp3) is 0.714. The molecule has 10 nitrogen and oxygen atoms in total. The Balaban J connectivity index is 4.43. The van der Waals surface area contributed by atoms with E-state index >= 15 is 0 Å². The first-order chi connectivity index (χ1) is 28.9. The number of unbranched alkanes of at least 4 members (excludes halogenated alkanes) is 14. The molecule has 2 N–H and O–H groups in total. The van der Waals surface area contributed by atoms with Gasteiger partial charge >= 0.3 is 19.8 Å². The number of allylic oxidation sites excluding steroid dienone is 11. The van der Waals surface area contributed by atoms with Gasteiger partial charge in [0.1, 0.15) is 19.8 Å². The smallest absolute Gasteiger partial charge is 0.462 e. The van der Waals surface area contributed by atoms with Gasteiger partial charge < -0.3 is 24.0 Å². The molecule has 0 aliphatic carbocycles. The van der Waals surface area contributed by atoms with E-state index < -0.39 is 38.6 Å². The van der Waals surface area contributed by atoms with Crippen molar-refractivity contribution in [3.05, 3.63) is 72.9 Å². The molecule has 0 radical (unpaired) electrons. The van der Waals surface area contributed by atoms with E-state index in [-0.39, 0.29) is 26.1 Å². The standard InChI is InChI=1S/C49H86NO9P/c1-6-8-10-12-14-15-16-17-18-19-20-21-22-23-24-25-26-28-32-36-40-48(52)56-44-47(45-58-60(54,55)57-43-42-50(3,4)5)59-49(53)41-37-33-29-31-35-39-46(51)38-34-30-27-13-11-9-7-2/h9,11,15-16,18-19,21-22,27,30,34,38,46-47,51H,6-8,10,12-14,17,20,23-26,28-29,31-33,35-37,39-45H2,1-5H3/p+1/b11-9+,16-15-,19-18-,22-21-,30-27+,38-34+/t46?,47-/m1/s1. The van der Waals surface area contributed by atoms with E-state index in [4.69, 9.17) is 18.5 Å². The van der Waals surface area contributed by atoms with Gasteiger partial charge in [0, 0.05) is 12.8 Å². The summed E-state index contributed by atoms with van der Waals surface area (Å²) in [5.74, 6) is -0.895. The summed E-state index contributed by atoms with van der Waals surface area (Å²) in [7, 11) is 1.39. The number of nitrogens with zero attached hydrogens (tertiary/aromatic N) is 1. The average molecular weight is 865 g/mol. The third-order valence-corrected chi connectivity index (χ3v) is 10.6. The summed E-state index contributed by atoms with van der Waals surface area (Å²) >= 11 is 0. The molecule has 0 amide bonds. The van der Waals surface area contributed by atoms with Crippen molar-refractivity contribution >= 4 is 19.8 Å². The molecule has 0 aromatic heterocycles. The number of hydrogen-bond donors (Lipinski definition) is 2. The van der Waals surface area contributed by atoms with Gasteiger partial charge in [0.05, 0.1) is 33.9 Å². The second-order valence-corrected chi connectivity index (χ2v) is 18.1. The zero-order valence-corrected chi connectivity index (χ0v) is 39.4. The minimum absolute atomic E-state index is 0.00752. The molecule has 0 bridgehead atoms. The van der Waals surface area contributed by atoms with Crippen molar-refractivity contribution < 1.29 is 47.2 Å². The summed E-state index contributed by atoms with van der Waals surface area (Å²) in [6, 6.07) is 0. The number of aliphatic hydroxyl groups is 1. The first kappa shape index (κ1) is 57.4. The molecule has 2 unspecified atom stereocenters. The monoisotopic (exact) mass is 865 g/mol. The highest BCUT2D eigenvalue weighted by atomic mass is 31.2. The molecular weight excluding hydrogens is 778 g/mol. The van der Waals surface area contributed by atoms with Crippen molar-refractivity contribution in [3.63, 3.8) is 0 Å². The van der Waals surface area contributed by atoms with Gasteiger partial charge in [0.25, 0.3) is 0 Å². The Morgan fingerprint density at radius 3 is 1.77 bits per heavy atom. The van der Waals surface area contributed by atoms with Gasteiger partial charge in [-0.1, -0.05) is 157 Å². The molecule has 346 valence electrons. The fourth-order valence-electron chi connectivity index (χ4n) is 5.91. The second kappa shape index (κ2) is 40.5. The molecule has 0 saturated heterocycles. The maximum absolute atomic E-state index is 12.7. The molecule has 0 saturated carbocycles. The Morgan fingerprint density at radius 1 is 0.617 bits per heavy atom. The number of carbonyl (C=O) groups excluding carboxylic acids is 2. The van der Waals surface area contributed by atoms with E-state index in [9.17, 15) is 24.2 Å². The van der Waals surface area contributed by atoms with Gasteiger partial charge in [-0.3, -0.25) is 18.6 Å². The van der Waals surface area contributed by atoms with Gasteiger partial charge in [0.15, 0.2) is 6.10 Å². The van der Waals surface area contributed by atoms with Crippen LogP contribution in [-0.2, 0) is 32.7 Å². The van der Waals surface area contributed by atoms with Gasteiger partial charge in [-0.15, -0.1) is 0 Å². The Hall–Kier alpha value is -2.59. The molecule has 3 atom stereocenters. The third-order valence-electron chi connectivity index (χ3n) is 9.57. The zero-order valence-electron chi connectivity index (χ0n) is 38.5. The van der Waals surface area contributed by atoms with Crippen LogP contribution in [0, 0.1) is 0 Å². The van der Waals surface area contributed by atoms with Crippen LogP contribution in [0.2, 0.25) is 0 Å². The molecule has 0 aromatic carbocycles. The number of aliphatic hydroxyl groups excluding tert-OH is 1.